The molecule has 6 heteroatoms. The van der Waals surface area contributed by atoms with Gasteiger partial charge in [0, 0.05) is 15.0 Å². The van der Waals surface area contributed by atoms with Gasteiger partial charge in [0.15, 0.2) is 0 Å². The van der Waals surface area contributed by atoms with Gasteiger partial charge in [0.1, 0.15) is 5.75 Å². The highest BCUT2D eigenvalue weighted by Gasteiger charge is 2.06. The van der Waals surface area contributed by atoms with E-state index >= 15 is 0 Å². The number of para-hydroxylation sites is 1. The fourth-order valence-electron chi connectivity index (χ4n) is 1.78. The second-order valence-corrected chi connectivity index (χ2v) is 6.56. The maximum atomic E-state index is 11.9. The Labute approximate surface area is 153 Å². The standard InChI is InChI=1S/C16H14Cl2INO2/c17-11-7-8-15(12(18)10-11)22-9-3-6-16(21)20-14-5-2-1-4-13(14)19/h1-2,4-5,7-8,10H,3,6,9H2,(H,20,21). The number of carbonyl (C=O) groups excluding carboxylic acids is 1. The number of ether oxygens (including phenoxy) is 1. The first-order valence-corrected chi connectivity index (χ1v) is 8.52. The lowest BCUT2D eigenvalue weighted by Crippen LogP contribution is -2.13. The Morgan fingerprint density at radius 1 is 1.18 bits per heavy atom. The summed E-state index contributed by atoms with van der Waals surface area (Å²) >= 11 is 14.0. The van der Waals surface area contributed by atoms with Crippen molar-refractivity contribution in [1.82, 2.24) is 0 Å². The number of nitrogens with one attached hydrogen (secondary N) is 1. The Hall–Kier alpha value is -0.980. The lowest BCUT2D eigenvalue weighted by atomic mass is 10.2. The van der Waals surface area contributed by atoms with E-state index in [0.717, 1.165) is 9.26 Å². The number of halogens is 3. The molecule has 3 nitrogen and oxygen atoms in total. The summed E-state index contributed by atoms with van der Waals surface area (Å²) in [6.45, 7) is 0.417. The number of amides is 1. The maximum Gasteiger partial charge on any atom is 0.224 e. The van der Waals surface area contributed by atoms with Gasteiger partial charge in [-0.25, -0.2) is 0 Å². The molecule has 0 spiro atoms. The average Bonchev–Trinajstić information content (AvgIpc) is 2.48. The smallest absolute Gasteiger partial charge is 0.224 e. The zero-order chi connectivity index (χ0) is 15.9. The van der Waals surface area contributed by atoms with Crippen molar-refractivity contribution >= 4 is 57.4 Å². The molecule has 0 aliphatic rings. The summed E-state index contributed by atoms with van der Waals surface area (Å²) in [5, 5.41) is 3.91. The number of benzene rings is 2. The van der Waals surface area contributed by atoms with Crippen LogP contribution in [0.15, 0.2) is 42.5 Å². The summed E-state index contributed by atoms with van der Waals surface area (Å²) in [6.07, 6.45) is 0.990. The van der Waals surface area contributed by atoms with E-state index in [4.69, 9.17) is 27.9 Å². The zero-order valence-corrected chi connectivity index (χ0v) is 15.3. The average molecular weight is 450 g/mol. The highest BCUT2D eigenvalue weighted by atomic mass is 127. The first kappa shape index (κ1) is 17.4. The molecule has 0 aliphatic carbocycles. The van der Waals surface area contributed by atoms with E-state index in [0.29, 0.717) is 35.2 Å². The largest absolute Gasteiger partial charge is 0.492 e. The summed E-state index contributed by atoms with van der Waals surface area (Å²) in [5.41, 5.74) is 0.828. The normalized spacial score (nSPS) is 10.3. The van der Waals surface area contributed by atoms with Crippen molar-refractivity contribution in [2.75, 3.05) is 11.9 Å². The van der Waals surface area contributed by atoms with Crippen molar-refractivity contribution in [3.8, 4) is 5.75 Å². The topological polar surface area (TPSA) is 38.3 Å². The lowest BCUT2D eigenvalue weighted by Gasteiger charge is -2.09. The van der Waals surface area contributed by atoms with Gasteiger partial charge < -0.3 is 10.1 Å². The summed E-state index contributed by atoms with van der Waals surface area (Å²) in [6, 6.07) is 12.7. The van der Waals surface area contributed by atoms with E-state index in [2.05, 4.69) is 27.9 Å². The van der Waals surface area contributed by atoms with E-state index in [1.807, 2.05) is 24.3 Å². The monoisotopic (exact) mass is 449 g/mol. The van der Waals surface area contributed by atoms with Crippen molar-refractivity contribution < 1.29 is 9.53 Å². The van der Waals surface area contributed by atoms with Crippen molar-refractivity contribution in [1.29, 1.82) is 0 Å². The van der Waals surface area contributed by atoms with E-state index in [1.165, 1.54) is 0 Å². The molecule has 2 aromatic rings. The third kappa shape index (κ3) is 5.34. The molecular formula is C16H14Cl2INO2. The van der Waals surface area contributed by atoms with E-state index in [9.17, 15) is 4.79 Å². The SMILES string of the molecule is O=C(CCCOc1ccc(Cl)cc1Cl)Nc1ccccc1I. The van der Waals surface area contributed by atoms with Crippen LogP contribution in [0.2, 0.25) is 10.0 Å². The molecule has 0 saturated carbocycles. The molecule has 0 radical (unpaired) electrons. The predicted molar refractivity (Wildman–Crippen MR) is 99.0 cm³/mol. The van der Waals surface area contributed by atoms with Gasteiger partial charge in [-0.1, -0.05) is 35.3 Å². The number of rotatable bonds is 6. The molecule has 0 aromatic heterocycles. The fourth-order valence-corrected chi connectivity index (χ4v) is 2.77. The molecule has 0 unspecified atom stereocenters. The molecule has 22 heavy (non-hydrogen) atoms. The van der Waals surface area contributed by atoms with Crippen LogP contribution in [0, 0.1) is 3.57 Å². The Bertz CT molecular complexity index is 664. The minimum Gasteiger partial charge on any atom is -0.492 e. The van der Waals surface area contributed by atoms with Crippen LogP contribution in [0.1, 0.15) is 12.8 Å². The molecule has 0 fully saturated rings. The molecule has 0 saturated heterocycles. The molecule has 0 atom stereocenters. The van der Waals surface area contributed by atoms with Crippen LogP contribution >= 0.6 is 45.8 Å². The number of anilines is 1. The Morgan fingerprint density at radius 3 is 2.68 bits per heavy atom. The summed E-state index contributed by atoms with van der Waals surface area (Å²) in [4.78, 5) is 11.9. The van der Waals surface area contributed by atoms with Gasteiger partial charge in [0.05, 0.1) is 17.3 Å². The van der Waals surface area contributed by atoms with Gasteiger partial charge in [0.2, 0.25) is 5.91 Å². The first-order chi connectivity index (χ1) is 10.6. The minimum atomic E-state index is -0.0325. The van der Waals surface area contributed by atoms with Gasteiger partial charge >= 0.3 is 0 Å². The van der Waals surface area contributed by atoms with Gasteiger partial charge in [0.25, 0.3) is 0 Å². The van der Waals surface area contributed by atoms with Crippen molar-refractivity contribution in [2.45, 2.75) is 12.8 Å². The second kappa shape index (κ2) is 8.60. The van der Waals surface area contributed by atoms with Crippen LogP contribution in [0.3, 0.4) is 0 Å². The molecule has 116 valence electrons. The quantitative estimate of drug-likeness (QED) is 0.473. The molecule has 2 aromatic carbocycles. The van der Waals surface area contributed by atoms with Crippen molar-refractivity contribution in [3.05, 3.63) is 56.1 Å². The van der Waals surface area contributed by atoms with E-state index < -0.39 is 0 Å². The van der Waals surface area contributed by atoms with Crippen LogP contribution in [0.4, 0.5) is 5.69 Å². The summed E-state index contributed by atoms with van der Waals surface area (Å²) in [7, 11) is 0. The molecule has 0 bridgehead atoms. The Balaban J connectivity index is 1.74. The Morgan fingerprint density at radius 2 is 1.95 bits per heavy atom. The molecule has 1 N–H and O–H groups in total. The lowest BCUT2D eigenvalue weighted by molar-refractivity contribution is -0.116. The van der Waals surface area contributed by atoms with Crippen molar-refractivity contribution in [3.63, 3.8) is 0 Å². The van der Waals surface area contributed by atoms with E-state index in [-0.39, 0.29) is 5.91 Å². The number of hydrogen-bond donors (Lipinski definition) is 1. The third-order valence-electron chi connectivity index (χ3n) is 2.85. The van der Waals surface area contributed by atoms with Crippen LogP contribution in [-0.2, 0) is 4.79 Å². The molecule has 2 rings (SSSR count). The predicted octanol–water partition coefficient (Wildman–Crippen LogP) is 5.40. The summed E-state index contributed by atoms with van der Waals surface area (Å²) in [5.74, 6) is 0.541. The van der Waals surface area contributed by atoms with Gasteiger partial charge in [-0.2, -0.15) is 0 Å². The van der Waals surface area contributed by atoms with Crippen LogP contribution in [-0.4, -0.2) is 12.5 Å². The fraction of sp³-hybridized carbons (Fsp3) is 0.188. The van der Waals surface area contributed by atoms with E-state index in [1.54, 1.807) is 18.2 Å². The maximum absolute atomic E-state index is 11.9. The van der Waals surface area contributed by atoms with Gasteiger partial charge in [-0.15, -0.1) is 0 Å². The minimum absolute atomic E-state index is 0.0325. The first-order valence-electron chi connectivity index (χ1n) is 6.68. The molecule has 0 heterocycles. The van der Waals surface area contributed by atoms with Crippen LogP contribution in [0.5, 0.6) is 5.75 Å². The highest BCUT2D eigenvalue weighted by molar-refractivity contribution is 14.1. The highest BCUT2D eigenvalue weighted by Crippen LogP contribution is 2.27. The van der Waals surface area contributed by atoms with Crippen LogP contribution < -0.4 is 10.1 Å². The summed E-state index contributed by atoms with van der Waals surface area (Å²) < 4.78 is 6.56. The van der Waals surface area contributed by atoms with Crippen molar-refractivity contribution in [2.24, 2.45) is 0 Å². The molecule has 1 amide bonds. The van der Waals surface area contributed by atoms with Gasteiger partial charge in [-0.05, 0) is 59.3 Å². The van der Waals surface area contributed by atoms with Crippen LogP contribution in [0.25, 0.3) is 0 Å². The number of hydrogen-bond acceptors (Lipinski definition) is 2. The second-order valence-electron chi connectivity index (χ2n) is 4.55. The molecular weight excluding hydrogens is 436 g/mol. The number of carbonyl (C=O) groups is 1. The molecule has 0 aliphatic heterocycles. The third-order valence-corrected chi connectivity index (χ3v) is 4.32. The zero-order valence-electron chi connectivity index (χ0n) is 11.6. The Kier molecular flexibility index (Phi) is 6.79. The van der Waals surface area contributed by atoms with Gasteiger partial charge in [-0.3, -0.25) is 4.79 Å².